The van der Waals surface area contributed by atoms with Crippen LogP contribution in [0, 0.1) is 5.41 Å². The number of aromatic nitrogens is 3. The van der Waals surface area contributed by atoms with Gasteiger partial charge in [-0.3, -0.25) is 15.7 Å². The lowest BCUT2D eigenvalue weighted by Gasteiger charge is -2.29. The van der Waals surface area contributed by atoms with Crippen LogP contribution >= 0.6 is 0 Å². The van der Waals surface area contributed by atoms with Gasteiger partial charge in [0.1, 0.15) is 0 Å². The number of pyridine rings is 1. The smallest absolute Gasteiger partial charge is 0.413 e. The van der Waals surface area contributed by atoms with Crippen LogP contribution in [0.3, 0.4) is 0 Å². The Kier molecular flexibility index (Phi) is 8.16. The number of hydrogen-bond acceptors (Lipinski definition) is 5. The number of carbonyl (C=O) groups excluding carboxylic acids is 1. The van der Waals surface area contributed by atoms with Crippen molar-refractivity contribution in [1.29, 1.82) is 5.41 Å². The molecule has 2 heterocycles. The quantitative estimate of drug-likeness (QED) is 0.362. The number of H-pyrrole nitrogens is 1. The zero-order chi connectivity index (χ0) is 21.9. The van der Waals surface area contributed by atoms with Gasteiger partial charge in [-0.05, 0) is 37.5 Å². The molecule has 0 aliphatic carbocycles. The maximum absolute atomic E-state index is 11.9. The summed E-state index contributed by atoms with van der Waals surface area (Å²) in [6.07, 6.45) is 6.19. The minimum atomic E-state index is -0.625. The Morgan fingerprint density at radius 3 is 2.71 bits per heavy atom. The van der Waals surface area contributed by atoms with E-state index in [4.69, 9.17) is 10.1 Å². The Morgan fingerprint density at radius 1 is 1.23 bits per heavy atom. The van der Waals surface area contributed by atoms with E-state index in [0.717, 1.165) is 29.8 Å². The molecule has 3 N–H and O–H groups in total. The number of aromatic amines is 1. The number of amides is 1. The molecule has 0 radical (unpaired) electrons. The van der Waals surface area contributed by atoms with Gasteiger partial charge < -0.3 is 14.6 Å². The molecule has 1 amide bonds. The summed E-state index contributed by atoms with van der Waals surface area (Å²) < 4.78 is 4.96. The Labute approximate surface area is 182 Å². The first kappa shape index (κ1) is 22.0. The number of ether oxygens (including phenoxy) is 1. The van der Waals surface area contributed by atoms with Crippen molar-refractivity contribution in [3.8, 4) is 0 Å². The van der Waals surface area contributed by atoms with E-state index in [1.165, 1.54) is 0 Å². The molecule has 0 bridgehead atoms. The fourth-order valence-electron chi connectivity index (χ4n) is 3.38. The molecule has 0 fully saturated rings. The van der Waals surface area contributed by atoms with E-state index in [0.29, 0.717) is 13.1 Å². The SMILES string of the molecule is CCOC(=O)NC(=N)N(CCCc1cnc[nH]1)CC(c1ccccc1)c1ccccn1. The van der Waals surface area contributed by atoms with Gasteiger partial charge in [0.2, 0.25) is 5.96 Å². The maximum atomic E-state index is 11.9. The average Bonchev–Trinajstić information content (AvgIpc) is 3.31. The molecule has 2 aromatic heterocycles. The minimum absolute atomic E-state index is 0.0138. The first-order chi connectivity index (χ1) is 15.2. The van der Waals surface area contributed by atoms with Crippen LogP contribution in [-0.4, -0.2) is 51.6 Å². The second-order valence-corrected chi connectivity index (χ2v) is 7.04. The van der Waals surface area contributed by atoms with Crippen molar-refractivity contribution >= 4 is 12.1 Å². The Balaban J connectivity index is 1.79. The number of alkyl carbamates (subject to hydrolysis) is 1. The van der Waals surface area contributed by atoms with Crippen LogP contribution in [0.4, 0.5) is 4.79 Å². The van der Waals surface area contributed by atoms with Gasteiger partial charge in [0.15, 0.2) is 0 Å². The standard InChI is InChI=1S/C23H28N6O2/c1-2-31-23(30)28-22(24)29(14-8-11-19-15-25-17-27-19)16-20(18-9-4-3-5-10-18)21-12-6-7-13-26-21/h3-7,9-10,12-13,15,17,20H,2,8,11,14,16H2,1H3,(H,25,27)(H2,24,28,30). The lowest BCUT2D eigenvalue weighted by Crippen LogP contribution is -2.46. The van der Waals surface area contributed by atoms with Gasteiger partial charge in [0.05, 0.1) is 12.9 Å². The van der Waals surface area contributed by atoms with Crippen molar-refractivity contribution in [3.05, 3.63) is 84.2 Å². The largest absolute Gasteiger partial charge is 0.450 e. The fraction of sp³-hybridized carbons (Fsp3) is 0.304. The van der Waals surface area contributed by atoms with Crippen LogP contribution in [0.5, 0.6) is 0 Å². The topological polar surface area (TPSA) is 107 Å². The number of nitrogens with zero attached hydrogens (tertiary/aromatic N) is 3. The lowest BCUT2D eigenvalue weighted by atomic mass is 9.94. The van der Waals surface area contributed by atoms with E-state index in [1.54, 1.807) is 25.6 Å². The molecular formula is C23H28N6O2. The van der Waals surface area contributed by atoms with Crippen molar-refractivity contribution in [2.24, 2.45) is 0 Å². The monoisotopic (exact) mass is 420 g/mol. The molecule has 3 aromatic rings. The first-order valence-electron chi connectivity index (χ1n) is 10.4. The van der Waals surface area contributed by atoms with Gasteiger partial charge in [-0.15, -0.1) is 0 Å². The van der Waals surface area contributed by atoms with E-state index in [9.17, 15) is 4.79 Å². The van der Waals surface area contributed by atoms with Crippen molar-refractivity contribution in [2.75, 3.05) is 19.7 Å². The molecule has 1 atom stereocenters. The summed E-state index contributed by atoms with van der Waals surface area (Å²) in [5.41, 5.74) is 3.05. The number of hydrogen-bond donors (Lipinski definition) is 3. The minimum Gasteiger partial charge on any atom is -0.450 e. The van der Waals surface area contributed by atoms with Gasteiger partial charge in [0.25, 0.3) is 0 Å². The maximum Gasteiger partial charge on any atom is 0.413 e. The summed E-state index contributed by atoms with van der Waals surface area (Å²) in [5.74, 6) is -0.0428. The third-order valence-electron chi connectivity index (χ3n) is 4.89. The number of rotatable bonds is 9. The van der Waals surface area contributed by atoms with E-state index in [1.807, 2.05) is 41.3 Å². The number of guanidine groups is 1. The Morgan fingerprint density at radius 2 is 2.03 bits per heavy atom. The highest BCUT2D eigenvalue weighted by Crippen LogP contribution is 2.24. The van der Waals surface area contributed by atoms with Crippen LogP contribution in [0.2, 0.25) is 0 Å². The number of nitrogens with one attached hydrogen (secondary N) is 3. The molecule has 8 nitrogen and oxygen atoms in total. The first-order valence-corrected chi connectivity index (χ1v) is 10.4. The van der Waals surface area contributed by atoms with Crippen molar-refractivity contribution in [3.63, 3.8) is 0 Å². The molecule has 1 unspecified atom stereocenters. The summed E-state index contributed by atoms with van der Waals surface area (Å²) in [4.78, 5) is 25.5. The Bertz CT molecular complexity index is 892. The van der Waals surface area contributed by atoms with E-state index in [2.05, 4.69) is 32.4 Å². The normalized spacial score (nSPS) is 11.5. The molecule has 0 aliphatic heterocycles. The van der Waals surface area contributed by atoms with Crippen LogP contribution < -0.4 is 5.32 Å². The Hall–Kier alpha value is -3.68. The van der Waals surface area contributed by atoms with Gasteiger partial charge in [-0.2, -0.15) is 0 Å². The third kappa shape index (κ3) is 6.67. The lowest BCUT2D eigenvalue weighted by molar-refractivity contribution is 0.156. The van der Waals surface area contributed by atoms with Gasteiger partial charge in [-0.1, -0.05) is 36.4 Å². The summed E-state index contributed by atoms with van der Waals surface area (Å²) in [7, 11) is 0. The molecule has 0 aliphatic rings. The fourth-order valence-corrected chi connectivity index (χ4v) is 3.38. The molecule has 1 aromatic carbocycles. The summed E-state index contributed by atoms with van der Waals surface area (Å²) in [6, 6.07) is 15.9. The van der Waals surface area contributed by atoms with Crippen LogP contribution in [-0.2, 0) is 11.2 Å². The number of aryl methyl sites for hydroxylation is 1. The highest BCUT2D eigenvalue weighted by Gasteiger charge is 2.22. The number of carbonyl (C=O) groups is 1. The molecule has 31 heavy (non-hydrogen) atoms. The third-order valence-corrected chi connectivity index (χ3v) is 4.89. The van der Waals surface area contributed by atoms with Gasteiger partial charge >= 0.3 is 6.09 Å². The van der Waals surface area contributed by atoms with Crippen LogP contribution in [0.15, 0.2) is 67.3 Å². The second kappa shape index (κ2) is 11.5. The molecule has 3 rings (SSSR count). The predicted molar refractivity (Wildman–Crippen MR) is 119 cm³/mol. The molecule has 8 heteroatoms. The second-order valence-electron chi connectivity index (χ2n) is 7.04. The van der Waals surface area contributed by atoms with Crippen molar-refractivity contribution in [1.82, 2.24) is 25.2 Å². The zero-order valence-electron chi connectivity index (χ0n) is 17.6. The predicted octanol–water partition coefficient (Wildman–Crippen LogP) is 3.55. The molecule has 0 spiro atoms. The van der Waals surface area contributed by atoms with E-state index in [-0.39, 0.29) is 18.5 Å². The van der Waals surface area contributed by atoms with Gasteiger partial charge in [0, 0.05) is 42.8 Å². The van der Waals surface area contributed by atoms with E-state index < -0.39 is 6.09 Å². The highest BCUT2D eigenvalue weighted by atomic mass is 16.5. The number of imidazole rings is 1. The van der Waals surface area contributed by atoms with Crippen LogP contribution in [0.25, 0.3) is 0 Å². The van der Waals surface area contributed by atoms with Crippen molar-refractivity contribution < 1.29 is 9.53 Å². The van der Waals surface area contributed by atoms with Crippen LogP contribution in [0.1, 0.15) is 36.2 Å². The summed E-state index contributed by atoms with van der Waals surface area (Å²) in [6.45, 7) is 3.06. The average molecular weight is 421 g/mol. The molecule has 0 saturated heterocycles. The molecular weight excluding hydrogens is 392 g/mol. The molecule has 162 valence electrons. The summed E-state index contributed by atoms with van der Waals surface area (Å²) in [5, 5.41) is 11.0. The van der Waals surface area contributed by atoms with E-state index >= 15 is 0 Å². The zero-order valence-corrected chi connectivity index (χ0v) is 17.6. The number of benzene rings is 1. The summed E-state index contributed by atoms with van der Waals surface area (Å²) >= 11 is 0. The molecule has 0 saturated carbocycles. The van der Waals surface area contributed by atoms with Crippen molar-refractivity contribution in [2.45, 2.75) is 25.7 Å². The van der Waals surface area contributed by atoms with Gasteiger partial charge in [-0.25, -0.2) is 9.78 Å². The highest BCUT2D eigenvalue weighted by molar-refractivity contribution is 5.92.